The lowest BCUT2D eigenvalue weighted by molar-refractivity contribution is -0.135. The summed E-state index contributed by atoms with van der Waals surface area (Å²) in [6.45, 7) is 4.74. The Bertz CT molecular complexity index is 1470. The molecule has 2 aromatic heterocycles. The van der Waals surface area contributed by atoms with Crippen molar-refractivity contribution in [3.05, 3.63) is 47.8 Å². The number of benzene rings is 1. The number of carbonyl (C=O) groups is 2. The molecule has 3 aromatic rings. The Hall–Kier alpha value is -4.00. The Morgan fingerprint density at radius 2 is 1.87 bits per heavy atom. The molecule has 0 aliphatic carbocycles. The zero-order valence-electron chi connectivity index (χ0n) is 22.7. The fraction of sp³-hybridized carbons (Fsp3) is 0.423. The molecule has 13 heteroatoms. The maximum Gasteiger partial charge on any atom is 0.267 e. The molecule has 1 aromatic carbocycles. The van der Waals surface area contributed by atoms with E-state index in [2.05, 4.69) is 19.8 Å². The number of likely N-dealkylation sites (tertiary alicyclic amines) is 1. The molecule has 1 aliphatic rings. The van der Waals surface area contributed by atoms with Gasteiger partial charge in [-0.3, -0.25) is 14.3 Å². The van der Waals surface area contributed by atoms with Crippen LogP contribution in [0, 0.1) is 13.8 Å². The predicted molar refractivity (Wildman–Crippen MR) is 144 cm³/mol. The van der Waals surface area contributed by atoms with Gasteiger partial charge in [0.15, 0.2) is 0 Å². The summed E-state index contributed by atoms with van der Waals surface area (Å²) in [4.78, 5) is 36.4. The highest BCUT2D eigenvalue weighted by Gasteiger charge is 2.29. The van der Waals surface area contributed by atoms with Crippen molar-refractivity contribution in [3.8, 4) is 17.1 Å². The van der Waals surface area contributed by atoms with Crippen LogP contribution in [0.2, 0.25) is 0 Å². The van der Waals surface area contributed by atoms with Crippen LogP contribution in [0.25, 0.3) is 11.3 Å². The number of aromatic nitrogens is 4. The Balaban J connectivity index is 1.57. The maximum absolute atomic E-state index is 13.0. The first-order valence-electron chi connectivity index (χ1n) is 12.5. The van der Waals surface area contributed by atoms with E-state index in [0.717, 1.165) is 16.7 Å². The van der Waals surface area contributed by atoms with Crippen LogP contribution in [0.15, 0.2) is 41.6 Å². The van der Waals surface area contributed by atoms with Crippen molar-refractivity contribution in [2.45, 2.75) is 44.1 Å². The van der Waals surface area contributed by atoms with Crippen LogP contribution in [0.5, 0.6) is 5.88 Å². The second-order valence-corrected chi connectivity index (χ2v) is 11.5. The number of hydrogen-bond acceptors (Lipinski definition) is 8. The van der Waals surface area contributed by atoms with Crippen LogP contribution in [0.3, 0.4) is 0 Å². The average molecular weight is 556 g/mol. The number of nitrogens with one attached hydrogen (secondary N) is 1. The van der Waals surface area contributed by atoms with Gasteiger partial charge in [-0.1, -0.05) is 18.2 Å². The molecule has 208 valence electrons. The van der Waals surface area contributed by atoms with Gasteiger partial charge in [0.05, 0.1) is 18.4 Å². The number of ether oxygens (including phenoxy) is 1. The summed E-state index contributed by atoms with van der Waals surface area (Å²) in [5.41, 5.74) is 3.28. The number of rotatable bonds is 9. The van der Waals surface area contributed by atoms with Crippen molar-refractivity contribution in [3.63, 3.8) is 0 Å². The lowest BCUT2D eigenvalue weighted by Gasteiger charge is -2.18. The van der Waals surface area contributed by atoms with Gasteiger partial charge in [-0.15, -0.1) is 0 Å². The standard InChI is InChI=1S/C26H33N7O5S/c1-17-7-6-8-18(2)25(17)21-13-22(29-26(28-21)30-39(36,37)20-14-27-32(5)16-20)38-19-11-12-33(15-19)24(35)10-9-23(34)31(3)4/h6-8,13-14,16,19H,9-12,15H2,1-5H3,(H,28,29,30). The van der Waals surface area contributed by atoms with E-state index < -0.39 is 10.0 Å². The van der Waals surface area contributed by atoms with E-state index in [-0.39, 0.29) is 47.5 Å². The Morgan fingerprint density at radius 1 is 1.15 bits per heavy atom. The van der Waals surface area contributed by atoms with E-state index in [4.69, 9.17) is 4.74 Å². The van der Waals surface area contributed by atoms with Gasteiger partial charge >= 0.3 is 0 Å². The predicted octanol–water partition coefficient (Wildman–Crippen LogP) is 2.14. The van der Waals surface area contributed by atoms with E-state index >= 15 is 0 Å². The van der Waals surface area contributed by atoms with Crippen LogP contribution >= 0.6 is 0 Å². The molecular weight excluding hydrogens is 522 g/mol. The molecule has 1 aliphatic heterocycles. The Labute approximate surface area is 228 Å². The average Bonchev–Trinajstić information content (AvgIpc) is 3.51. The van der Waals surface area contributed by atoms with E-state index in [9.17, 15) is 18.0 Å². The number of carbonyl (C=O) groups excluding carboxylic acids is 2. The molecule has 2 amide bonds. The maximum atomic E-state index is 13.0. The molecule has 1 atom stereocenters. The summed E-state index contributed by atoms with van der Waals surface area (Å²) < 4.78 is 35.9. The van der Waals surface area contributed by atoms with Crippen molar-refractivity contribution >= 4 is 27.8 Å². The van der Waals surface area contributed by atoms with Crippen molar-refractivity contribution < 1.29 is 22.7 Å². The van der Waals surface area contributed by atoms with Crippen LogP contribution in [0.4, 0.5) is 5.95 Å². The third-order valence-corrected chi connectivity index (χ3v) is 7.78. The smallest absolute Gasteiger partial charge is 0.267 e. The molecule has 1 fully saturated rings. The lowest BCUT2D eigenvalue weighted by Crippen LogP contribution is -2.32. The molecule has 0 radical (unpaired) electrons. The minimum absolute atomic E-state index is 0.0220. The van der Waals surface area contributed by atoms with E-state index in [0.29, 0.717) is 25.2 Å². The van der Waals surface area contributed by atoms with Gasteiger partial charge in [-0.25, -0.2) is 18.1 Å². The van der Waals surface area contributed by atoms with Gasteiger partial charge in [0.1, 0.15) is 11.0 Å². The first-order chi connectivity index (χ1) is 18.4. The van der Waals surface area contributed by atoms with E-state index in [1.54, 1.807) is 32.1 Å². The van der Waals surface area contributed by atoms with Gasteiger partial charge in [-0.05, 0) is 25.0 Å². The third-order valence-electron chi connectivity index (χ3n) is 6.49. The Kier molecular flexibility index (Phi) is 8.19. The second-order valence-electron chi connectivity index (χ2n) is 9.79. The van der Waals surface area contributed by atoms with Gasteiger partial charge in [0, 0.05) is 64.8 Å². The fourth-order valence-corrected chi connectivity index (χ4v) is 5.34. The minimum atomic E-state index is -3.99. The fourth-order valence-electron chi connectivity index (χ4n) is 4.41. The number of anilines is 1. The SMILES string of the molecule is Cc1cccc(C)c1-c1cc(OC2CCN(C(=O)CCC(=O)N(C)C)C2)nc(NS(=O)(=O)c2cnn(C)c2)n1. The van der Waals surface area contributed by atoms with Gasteiger partial charge in [-0.2, -0.15) is 10.1 Å². The number of amides is 2. The highest BCUT2D eigenvalue weighted by atomic mass is 32.2. The summed E-state index contributed by atoms with van der Waals surface area (Å²) in [5.74, 6) is -0.160. The zero-order valence-corrected chi connectivity index (χ0v) is 23.5. The molecule has 3 heterocycles. The molecular formula is C26H33N7O5S. The number of aryl methyl sites for hydroxylation is 3. The van der Waals surface area contributed by atoms with E-state index in [1.807, 2.05) is 32.0 Å². The molecule has 1 unspecified atom stereocenters. The van der Waals surface area contributed by atoms with Crippen molar-refractivity contribution in [2.24, 2.45) is 7.05 Å². The summed E-state index contributed by atoms with van der Waals surface area (Å²) >= 11 is 0. The van der Waals surface area contributed by atoms with Crippen molar-refractivity contribution in [1.82, 2.24) is 29.5 Å². The largest absolute Gasteiger partial charge is 0.472 e. The van der Waals surface area contributed by atoms with E-state index in [1.165, 1.54) is 22.0 Å². The lowest BCUT2D eigenvalue weighted by atomic mass is 10.00. The molecule has 1 saturated heterocycles. The topological polar surface area (TPSA) is 140 Å². The number of sulfonamides is 1. The van der Waals surface area contributed by atoms with Gasteiger partial charge in [0.25, 0.3) is 10.0 Å². The van der Waals surface area contributed by atoms with Crippen LogP contribution < -0.4 is 9.46 Å². The molecule has 0 bridgehead atoms. The quantitative estimate of drug-likeness (QED) is 0.424. The van der Waals surface area contributed by atoms with Crippen molar-refractivity contribution in [2.75, 3.05) is 31.9 Å². The molecule has 0 spiro atoms. The summed E-state index contributed by atoms with van der Waals surface area (Å²) in [5, 5.41) is 3.93. The molecule has 39 heavy (non-hydrogen) atoms. The minimum Gasteiger partial charge on any atom is -0.472 e. The Morgan fingerprint density at radius 3 is 2.51 bits per heavy atom. The molecule has 1 N–H and O–H groups in total. The van der Waals surface area contributed by atoms with Gasteiger partial charge in [0.2, 0.25) is 23.6 Å². The molecule has 4 rings (SSSR count). The first-order valence-corrected chi connectivity index (χ1v) is 14.0. The molecule has 0 saturated carbocycles. The summed E-state index contributed by atoms with van der Waals surface area (Å²) in [6.07, 6.45) is 3.14. The summed E-state index contributed by atoms with van der Waals surface area (Å²) in [7, 11) is 0.948. The normalized spacial score (nSPS) is 15.3. The van der Waals surface area contributed by atoms with Crippen LogP contribution in [0.1, 0.15) is 30.4 Å². The highest BCUT2D eigenvalue weighted by molar-refractivity contribution is 7.92. The zero-order chi connectivity index (χ0) is 28.3. The monoisotopic (exact) mass is 555 g/mol. The van der Waals surface area contributed by atoms with Crippen LogP contribution in [-0.4, -0.2) is 83.1 Å². The second kappa shape index (κ2) is 11.4. The number of hydrogen-bond donors (Lipinski definition) is 1. The highest BCUT2D eigenvalue weighted by Crippen LogP contribution is 2.30. The van der Waals surface area contributed by atoms with Crippen molar-refractivity contribution in [1.29, 1.82) is 0 Å². The molecule has 12 nitrogen and oxygen atoms in total. The summed E-state index contributed by atoms with van der Waals surface area (Å²) in [6, 6.07) is 7.52. The first kappa shape index (κ1) is 28.0. The van der Waals surface area contributed by atoms with Crippen LogP contribution in [-0.2, 0) is 26.7 Å². The van der Waals surface area contributed by atoms with Gasteiger partial charge < -0.3 is 14.5 Å². The third kappa shape index (κ3) is 6.72. The number of nitrogens with zero attached hydrogens (tertiary/aromatic N) is 6.